The van der Waals surface area contributed by atoms with Crippen molar-refractivity contribution in [1.82, 2.24) is 5.32 Å². The molecule has 1 unspecified atom stereocenters. The number of nitrogens with two attached hydrogens (primary N) is 1. The van der Waals surface area contributed by atoms with Crippen molar-refractivity contribution < 1.29 is 9.53 Å². The molecule has 0 spiro atoms. The van der Waals surface area contributed by atoms with E-state index in [9.17, 15) is 4.79 Å². The van der Waals surface area contributed by atoms with Gasteiger partial charge in [-0.1, -0.05) is 26.0 Å². The predicted octanol–water partition coefficient (Wildman–Crippen LogP) is 1.30. The van der Waals surface area contributed by atoms with Crippen LogP contribution in [-0.2, 0) is 11.3 Å². The van der Waals surface area contributed by atoms with Crippen molar-refractivity contribution in [2.75, 3.05) is 13.2 Å². The van der Waals surface area contributed by atoms with Crippen LogP contribution in [0.15, 0.2) is 24.3 Å². The number of hydrogen-bond donors (Lipinski definition) is 2. The summed E-state index contributed by atoms with van der Waals surface area (Å²) in [7, 11) is 0. The summed E-state index contributed by atoms with van der Waals surface area (Å²) in [6.07, 6.45) is 0. The number of nitrogens with one attached hydrogen (secondary N) is 1. The third-order valence-corrected chi connectivity index (χ3v) is 2.46. The first-order valence-electron chi connectivity index (χ1n) is 5.85. The molecule has 0 aromatic heterocycles. The molecule has 1 rings (SSSR count). The second kappa shape index (κ2) is 6.91. The Kier molecular flexibility index (Phi) is 5.49. The van der Waals surface area contributed by atoms with E-state index in [0.29, 0.717) is 6.61 Å². The molecule has 1 aromatic rings. The zero-order chi connectivity index (χ0) is 12.7. The number of rotatable bonds is 7. The SMILES string of the molecule is CCNCc1cccc(OCC(C)C(N)=O)c1. The smallest absolute Gasteiger partial charge is 0.223 e. The number of benzene rings is 1. The Hall–Kier alpha value is -1.55. The number of ether oxygens (including phenoxy) is 1. The standard InChI is InChI=1S/C13H20N2O2/c1-3-15-8-11-5-4-6-12(7-11)17-9-10(2)13(14)16/h4-7,10,15H,3,8-9H2,1-2H3,(H2,14,16). The van der Waals surface area contributed by atoms with Crippen molar-refractivity contribution >= 4 is 5.91 Å². The van der Waals surface area contributed by atoms with Crippen LogP contribution >= 0.6 is 0 Å². The molecule has 0 fully saturated rings. The van der Waals surface area contributed by atoms with Gasteiger partial charge in [0.1, 0.15) is 5.75 Å². The molecule has 0 heterocycles. The summed E-state index contributed by atoms with van der Waals surface area (Å²) in [6, 6.07) is 7.82. The first-order chi connectivity index (χ1) is 8.13. The summed E-state index contributed by atoms with van der Waals surface area (Å²) in [5.74, 6) is 0.162. The van der Waals surface area contributed by atoms with E-state index in [1.54, 1.807) is 6.92 Å². The fraction of sp³-hybridized carbons (Fsp3) is 0.462. The van der Waals surface area contributed by atoms with Gasteiger partial charge in [0.15, 0.2) is 0 Å². The van der Waals surface area contributed by atoms with Crippen LogP contribution in [0.4, 0.5) is 0 Å². The summed E-state index contributed by atoms with van der Waals surface area (Å²) in [5, 5.41) is 3.25. The minimum atomic E-state index is -0.339. The number of hydrogen-bond acceptors (Lipinski definition) is 3. The van der Waals surface area contributed by atoms with Crippen molar-refractivity contribution in [2.45, 2.75) is 20.4 Å². The lowest BCUT2D eigenvalue weighted by atomic mass is 10.2. The van der Waals surface area contributed by atoms with Crippen LogP contribution in [0.1, 0.15) is 19.4 Å². The van der Waals surface area contributed by atoms with Gasteiger partial charge < -0.3 is 15.8 Å². The lowest BCUT2D eigenvalue weighted by Gasteiger charge is -2.11. The lowest BCUT2D eigenvalue weighted by molar-refractivity contribution is -0.122. The fourth-order valence-corrected chi connectivity index (χ4v) is 1.32. The molecule has 1 aromatic carbocycles. The maximum atomic E-state index is 10.9. The summed E-state index contributed by atoms with van der Waals surface area (Å²) in [5.41, 5.74) is 6.33. The van der Waals surface area contributed by atoms with E-state index >= 15 is 0 Å². The van der Waals surface area contributed by atoms with Crippen LogP contribution in [0.2, 0.25) is 0 Å². The highest BCUT2D eigenvalue weighted by molar-refractivity contribution is 5.76. The Morgan fingerprint density at radius 1 is 1.53 bits per heavy atom. The number of carbonyl (C=O) groups excluding carboxylic acids is 1. The minimum Gasteiger partial charge on any atom is -0.493 e. The molecule has 4 nitrogen and oxygen atoms in total. The molecule has 3 N–H and O–H groups in total. The van der Waals surface area contributed by atoms with E-state index in [-0.39, 0.29) is 11.8 Å². The summed E-state index contributed by atoms with van der Waals surface area (Å²) in [4.78, 5) is 10.9. The van der Waals surface area contributed by atoms with Crippen molar-refractivity contribution in [3.05, 3.63) is 29.8 Å². The fourth-order valence-electron chi connectivity index (χ4n) is 1.32. The molecule has 0 aliphatic rings. The summed E-state index contributed by atoms with van der Waals surface area (Å²) < 4.78 is 5.52. The maximum Gasteiger partial charge on any atom is 0.223 e. The van der Waals surface area contributed by atoms with E-state index in [1.165, 1.54) is 0 Å². The van der Waals surface area contributed by atoms with Crippen molar-refractivity contribution in [2.24, 2.45) is 11.7 Å². The Morgan fingerprint density at radius 2 is 2.29 bits per heavy atom. The molecule has 0 saturated carbocycles. The molecule has 1 atom stereocenters. The van der Waals surface area contributed by atoms with E-state index in [0.717, 1.165) is 24.4 Å². The molecular formula is C13H20N2O2. The molecule has 94 valence electrons. The summed E-state index contributed by atoms with van der Waals surface area (Å²) >= 11 is 0. The van der Waals surface area contributed by atoms with Crippen molar-refractivity contribution in [1.29, 1.82) is 0 Å². The van der Waals surface area contributed by atoms with Crippen LogP contribution in [-0.4, -0.2) is 19.1 Å². The zero-order valence-corrected chi connectivity index (χ0v) is 10.4. The second-order valence-electron chi connectivity index (χ2n) is 4.04. The highest BCUT2D eigenvalue weighted by atomic mass is 16.5. The van der Waals surface area contributed by atoms with Gasteiger partial charge in [0.25, 0.3) is 0 Å². The average Bonchev–Trinajstić information content (AvgIpc) is 2.33. The maximum absolute atomic E-state index is 10.9. The predicted molar refractivity (Wildman–Crippen MR) is 67.7 cm³/mol. The van der Waals surface area contributed by atoms with Gasteiger partial charge >= 0.3 is 0 Å². The first kappa shape index (κ1) is 13.5. The Bertz CT molecular complexity index is 366. The van der Waals surface area contributed by atoms with Crippen LogP contribution in [0, 0.1) is 5.92 Å². The normalized spacial score (nSPS) is 12.1. The topological polar surface area (TPSA) is 64.3 Å². The van der Waals surface area contributed by atoms with Crippen LogP contribution in [0.3, 0.4) is 0 Å². The minimum absolute atomic E-state index is 0.271. The monoisotopic (exact) mass is 236 g/mol. The van der Waals surface area contributed by atoms with Gasteiger partial charge in [-0.15, -0.1) is 0 Å². The molecule has 0 aliphatic heterocycles. The second-order valence-corrected chi connectivity index (χ2v) is 4.04. The van der Waals surface area contributed by atoms with Gasteiger partial charge in [-0.2, -0.15) is 0 Å². The average molecular weight is 236 g/mol. The highest BCUT2D eigenvalue weighted by Gasteiger charge is 2.09. The molecule has 4 heteroatoms. The molecule has 17 heavy (non-hydrogen) atoms. The largest absolute Gasteiger partial charge is 0.493 e. The van der Waals surface area contributed by atoms with Crippen LogP contribution < -0.4 is 15.8 Å². The highest BCUT2D eigenvalue weighted by Crippen LogP contribution is 2.14. The Labute approximate surface area is 102 Å². The van der Waals surface area contributed by atoms with E-state index in [1.807, 2.05) is 24.3 Å². The van der Waals surface area contributed by atoms with Crippen molar-refractivity contribution in [3.8, 4) is 5.75 Å². The van der Waals surface area contributed by atoms with E-state index in [2.05, 4.69) is 12.2 Å². The van der Waals surface area contributed by atoms with Gasteiger partial charge in [0.2, 0.25) is 5.91 Å². The molecule has 0 radical (unpaired) electrons. The summed E-state index contributed by atoms with van der Waals surface area (Å²) in [6.45, 7) is 5.89. The van der Waals surface area contributed by atoms with Crippen molar-refractivity contribution in [3.63, 3.8) is 0 Å². The number of amides is 1. The van der Waals surface area contributed by atoms with Gasteiger partial charge in [0.05, 0.1) is 12.5 Å². The zero-order valence-electron chi connectivity index (χ0n) is 10.4. The van der Waals surface area contributed by atoms with Gasteiger partial charge in [-0.05, 0) is 24.2 Å². The molecule has 0 aliphatic carbocycles. The quantitative estimate of drug-likeness (QED) is 0.750. The van der Waals surface area contributed by atoms with Crippen LogP contribution in [0.25, 0.3) is 0 Å². The van der Waals surface area contributed by atoms with E-state index < -0.39 is 0 Å². The first-order valence-corrected chi connectivity index (χ1v) is 5.85. The third-order valence-electron chi connectivity index (χ3n) is 2.46. The third kappa shape index (κ3) is 4.87. The molecular weight excluding hydrogens is 216 g/mol. The lowest BCUT2D eigenvalue weighted by Crippen LogP contribution is -2.25. The van der Waals surface area contributed by atoms with Gasteiger partial charge in [-0.3, -0.25) is 4.79 Å². The van der Waals surface area contributed by atoms with Gasteiger partial charge in [0, 0.05) is 6.54 Å². The van der Waals surface area contributed by atoms with E-state index in [4.69, 9.17) is 10.5 Å². The molecule has 1 amide bonds. The Balaban J connectivity index is 2.50. The number of primary amides is 1. The van der Waals surface area contributed by atoms with Crippen LogP contribution in [0.5, 0.6) is 5.75 Å². The van der Waals surface area contributed by atoms with Gasteiger partial charge in [-0.25, -0.2) is 0 Å². The Morgan fingerprint density at radius 3 is 2.94 bits per heavy atom. The molecule has 0 bridgehead atoms. The number of carbonyl (C=O) groups is 1. The molecule has 0 saturated heterocycles.